The Kier molecular flexibility index (Phi) is 4.97. The summed E-state index contributed by atoms with van der Waals surface area (Å²) in [6.07, 6.45) is 0. The monoisotopic (exact) mass is 273 g/mol. The lowest BCUT2D eigenvalue weighted by molar-refractivity contribution is -0.126. The first-order chi connectivity index (χ1) is 8.01. The molecule has 5 heteroatoms. The Morgan fingerprint density at radius 1 is 1.18 bits per heavy atom. The van der Waals surface area contributed by atoms with Crippen molar-refractivity contribution in [2.45, 2.75) is 13.8 Å². The third-order valence-corrected chi connectivity index (χ3v) is 2.98. The molecule has 3 nitrogen and oxygen atoms in total. The summed E-state index contributed by atoms with van der Waals surface area (Å²) >= 11 is 11.7. The molecule has 0 bridgehead atoms. The zero-order chi connectivity index (χ0) is 13.0. The number of Topliss-reactive ketones (excluding diaryl/α,β-unsaturated/α-hetero) is 1. The average Bonchev–Trinajstić information content (AvgIpc) is 2.32. The summed E-state index contributed by atoms with van der Waals surface area (Å²) in [5.41, 5.74) is 0.149. The average molecular weight is 274 g/mol. The van der Waals surface area contributed by atoms with E-state index in [4.69, 9.17) is 23.2 Å². The summed E-state index contributed by atoms with van der Waals surface area (Å²) in [6.45, 7) is 4.60. The standard InChI is InChI=1S/C12H13Cl2NO2/c1-3-15(4-2)12(17)11(16)9-7-8(13)5-6-10(9)14/h5-7H,3-4H2,1-2H3. The predicted octanol–water partition coefficient (Wildman–Crippen LogP) is 3.04. The third-order valence-electron chi connectivity index (χ3n) is 2.42. The van der Waals surface area contributed by atoms with Crippen LogP contribution in [-0.4, -0.2) is 29.7 Å². The van der Waals surface area contributed by atoms with Crippen molar-refractivity contribution in [1.82, 2.24) is 4.90 Å². The maximum atomic E-state index is 11.9. The molecule has 0 aromatic heterocycles. The molecule has 0 heterocycles. The maximum absolute atomic E-state index is 11.9. The van der Waals surface area contributed by atoms with Crippen LogP contribution in [0.2, 0.25) is 10.0 Å². The van der Waals surface area contributed by atoms with Crippen molar-refractivity contribution in [3.05, 3.63) is 33.8 Å². The molecule has 0 aliphatic heterocycles. The van der Waals surface area contributed by atoms with Gasteiger partial charge in [-0.15, -0.1) is 0 Å². The molecule has 0 unspecified atom stereocenters. The second-order valence-electron chi connectivity index (χ2n) is 3.43. The highest BCUT2D eigenvalue weighted by molar-refractivity contribution is 6.47. The fourth-order valence-corrected chi connectivity index (χ4v) is 1.82. The van der Waals surface area contributed by atoms with Gasteiger partial charge in [-0.2, -0.15) is 0 Å². The van der Waals surface area contributed by atoms with E-state index in [1.54, 1.807) is 6.07 Å². The summed E-state index contributed by atoms with van der Waals surface area (Å²) in [4.78, 5) is 25.2. The first-order valence-corrected chi connectivity index (χ1v) is 6.05. The SMILES string of the molecule is CCN(CC)C(=O)C(=O)c1cc(Cl)ccc1Cl. The van der Waals surface area contributed by atoms with Gasteiger partial charge in [0.15, 0.2) is 0 Å². The number of carbonyl (C=O) groups is 2. The van der Waals surface area contributed by atoms with Gasteiger partial charge in [0.05, 0.1) is 5.02 Å². The molecule has 0 aliphatic carbocycles. The van der Waals surface area contributed by atoms with Crippen LogP contribution < -0.4 is 0 Å². The summed E-state index contributed by atoms with van der Waals surface area (Å²) in [5.74, 6) is -1.18. The normalized spacial score (nSPS) is 10.1. The van der Waals surface area contributed by atoms with Crippen LogP contribution >= 0.6 is 23.2 Å². The fraction of sp³-hybridized carbons (Fsp3) is 0.333. The minimum Gasteiger partial charge on any atom is -0.336 e. The van der Waals surface area contributed by atoms with E-state index >= 15 is 0 Å². The van der Waals surface area contributed by atoms with Gasteiger partial charge in [-0.1, -0.05) is 23.2 Å². The van der Waals surface area contributed by atoms with Crippen molar-refractivity contribution in [2.24, 2.45) is 0 Å². The van der Waals surface area contributed by atoms with Crippen LogP contribution in [0.25, 0.3) is 0 Å². The number of likely N-dealkylation sites (N-methyl/N-ethyl adjacent to an activating group) is 1. The van der Waals surface area contributed by atoms with Crippen LogP contribution in [0.3, 0.4) is 0 Å². The van der Waals surface area contributed by atoms with Crippen molar-refractivity contribution in [3.8, 4) is 0 Å². The molecule has 92 valence electrons. The Morgan fingerprint density at radius 2 is 1.76 bits per heavy atom. The highest BCUT2D eigenvalue weighted by Gasteiger charge is 2.23. The van der Waals surface area contributed by atoms with Gasteiger partial charge in [-0.05, 0) is 32.0 Å². The van der Waals surface area contributed by atoms with Gasteiger partial charge < -0.3 is 4.90 Å². The van der Waals surface area contributed by atoms with Gasteiger partial charge in [-0.25, -0.2) is 0 Å². The van der Waals surface area contributed by atoms with E-state index in [2.05, 4.69) is 0 Å². The number of carbonyl (C=O) groups excluding carboxylic acids is 2. The lowest BCUT2D eigenvalue weighted by Gasteiger charge is -2.17. The summed E-state index contributed by atoms with van der Waals surface area (Å²) in [5, 5.41) is 0.616. The topological polar surface area (TPSA) is 37.4 Å². The van der Waals surface area contributed by atoms with E-state index in [1.165, 1.54) is 17.0 Å². The molecular formula is C12H13Cl2NO2. The van der Waals surface area contributed by atoms with Crippen LogP contribution in [0.1, 0.15) is 24.2 Å². The second kappa shape index (κ2) is 6.03. The van der Waals surface area contributed by atoms with E-state index in [-0.39, 0.29) is 10.6 Å². The second-order valence-corrected chi connectivity index (χ2v) is 4.27. The molecule has 0 N–H and O–H groups in total. The largest absolute Gasteiger partial charge is 0.336 e. The van der Waals surface area contributed by atoms with Crippen LogP contribution in [0, 0.1) is 0 Å². The molecule has 0 spiro atoms. The first-order valence-electron chi connectivity index (χ1n) is 5.29. The number of benzene rings is 1. The quantitative estimate of drug-likeness (QED) is 0.625. The highest BCUT2D eigenvalue weighted by atomic mass is 35.5. The third kappa shape index (κ3) is 3.20. The number of hydrogen-bond donors (Lipinski definition) is 0. The minimum atomic E-state index is -0.624. The van der Waals surface area contributed by atoms with Gasteiger partial charge in [0, 0.05) is 23.7 Å². The molecule has 1 aromatic carbocycles. The van der Waals surface area contributed by atoms with Crippen LogP contribution in [-0.2, 0) is 4.79 Å². The molecule has 0 saturated carbocycles. The number of amides is 1. The van der Waals surface area contributed by atoms with E-state index in [0.29, 0.717) is 18.1 Å². The van der Waals surface area contributed by atoms with Crippen molar-refractivity contribution >= 4 is 34.9 Å². The van der Waals surface area contributed by atoms with Gasteiger partial charge in [0.1, 0.15) is 0 Å². The Balaban J connectivity index is 3.04. The molecule has 0 aliphatic rings. The Bertz CT molecular complexity index is 442. The smallest absolute Gasteiger partial charge is 0.294 e. The van der Waals surface area contributed by atoms with Crippen molar-refractivity contribution in [1.29, 1.82) is 0 Å². The molecular weight excluding hydrogens is 261 g/mol. The fourth-order valence-electron chi connectivity index (χ4n) is 1.44. The number of rotatable bonds is 4. The maximum Gasteiger partial charge on any atom is 0.294 e. The lowest BCUT2D eigenvalue weighted by atomic mass is 10.1. The molecule has 0 saturated heterocycles. The zero-order valence-electron chi connectivity index (χ0n) is 9.67. The van der Waals surface area contributed by atoms with E-state index < -0.39 is 11.7 Å². The number of nitrogens with zero attached hydrogens (tertiary/aromatic N) is 1. The summed E-state index contributed by atoms with van der Waals surface area (Å²) < 4.78 is 0. The van der Waals surface area contributed by atoms with Crippen molar-refractivity contribution < 1.29 is 9.59 Å². The Labute approximate surface area is 110 Å². The molecule has 1 rings (SSSR count). The predicted molar refractivity (Wildman–Crippen MR) is 68.7 cm³/mol. The molecule has 0 fully saturated rings. The highest BCUT2D eigenvalue weighted by Crippen LogP contribution is 2.21. The van der Waals surface area contributed by atoms with E-state index in [0.717, 1.165) is 0 Å². The number of hydrogen-bond acceptors (Lipinski definition) is 2. The van der Waals surface area contributed by atoms with Crippen LogP contribution in [0.15, 0.2) is 18.2 Å². The number of halogens is 2. The Hall–Kier alpha value is -1.06. The van der Waals surface area contributed by atoms with Crippen molar-refractivity contribution in [2.75, 3.05) is 13.1 Å². The van der Waals surface area contributed by atoms with E-state index in [1.807, 2.05) is 13.8 Å². The molecule has 1 aromatic rings. The minimum absolute atomic E-state index is 0.149. The number of ketones is 1. The van der Waals surface area contributed by atoms with Gasteiger partial charge >= 0.3 is 0 Å². The molecule has 0 atom stereocenters. The van der Waals surface area contributed by atoms with Gasteiger partial charge in [0.25, 0.3) is 11.7 Å². The summed E-state index contributed by atoms with van der Waals surface area (Å²) in [6, 6.07) is 4.49. The van der Waals surface area contributed by atoms with Gasteiger partial charge in [-0.3, -0.25) is 9.59 Å². The molecule has 17 heavy (non-hydrogen) atoms. The summed E-state index contributed by atoms with van der Waals surface area (Å²) in [7, 11) is 0. The van der Waals surface area contributed by atoms with Crippen LogP contribution in [0.4, 0.5) is 0 Å². The van der Waals surface area contributed by atoms with Crippen LogP contribution in [0.5, 0.6) is 0 Å². The molecule has 1 amide bonds. The first kappa shape index (κ1) is 14.0. The van der Waals surface area contributed by atoms with Crippen molar-refractivity contribution in [3.63, 3.8) is 0 Å². The molecule has 0 radical (unpaired) electrons. The van der Waals surface area contributed by atoms with E-state index in [9.17, 15) is 9.59 Å². The lowest BCUT2D eigenvalue weighted by Crippen LogP contribution is -2.36. The Morgan fingerprint density at radius 3 is 2.29 bits per heavy atom. The zero-order valence-corrected chi connectivity index (χ0v) is 11.2. The van der Waals surface area contributed by atoms with Gasteiger partial charge in [0.2, 0.25) is 0 Å².